The molecule has 1 saturated heterocycles. The number of hydrogen-bond donors (Lipinski definition) is 1. The number of nitrogens with one attached hydrogen (secondary N) is 1. The van der Waals surface area contributed by atoms with E-state index in [1.54, 1.807) is 4.90 Å². The molecule has 54 heavy (non-hydrogen) atoms. The number of carbonyl (C=O) groups is 5. The van der Waals surface area contributed by atoms with Crippen LogP contribution in [0.5, 0.6) is 0 Å². The van der Waals surface area contributed by atoms with Gasteiger partial charge in [-0.1, -0.05) is 97.1 Å². The lowest BCUT2D eigenvalue weighted by atomic mass is 9.79. The van der Waals surface area contributed by atoms with E-state index in [9.17, 15) is 28.2 Å². The minimum absolute atomic E-state index is 0.0201. The predicted molar refractivity (Wildman–Crippen MR) is 209 cm³/mol. The summed E-state index contributed by atoms with van der Waals surface area (Å²) >= 11 is 0. The van der Waals surface area contributed by atoms with E-state index in [4.69, 9.17) is 0 Å². The van der Waals surface area contributed by atoms with Crippen molar-refractivity contribution in [2.24, 2.45) is 35.0 Å². The first-order valence-corrected chi connectivity index (χ1v) is 21.5. The Balaban J connectivity index is 1.34. The van der Waals surface area contributed by atoms with Gasteiger partial charge in [-0.3, -0.25) is 33.2 Å². The number of carbonyl (C=O) groups excluding carboxylic acids is 5. The Bertz CT molecular complexity index is 1640. The van der Waals surface area contributed by atoms with E-state index < -0.39 is 51.7 Å². The number of hydrogen-bond acceptors (Lipinski definition) is 8. The van der Waals surface area contributed by atoms with Crippen LogP contribution in [0.25, 0.3) is 0 Å². The highest BCUT2D eigenvalue weighted by Gasteiger charge is 2.52. The van der Waals surface area contributed by atoms with Crippen LogP contribution in [0.4, 0.5) is 0 Å². The smallest absolute Gasteiger partial charge is 0.246 e. The van der Waals surface area contributed by atoms with Crippen LogP contribution in [0.2, 0.25) is 0 Å². The number of ketones is 3. The maximum Gasteiger partial charge on any atom is 0.246 e. The Kier molecular flexibility index (Phi) is 14.5. The Morgan fingerprint density at radius 2 is 1.67 bits per heavy atom. The van der Waals surface area contributed by atoms with Crippen molar-refractivity contribution in [1.82, 2.24) is 20.2 Å². The van der Waals surface area contributed by atoms with Crippen LogP contribution in [0.15, 0.2) is 53.9 Å². The van der Waals surface area contributed by atoms with Crippen LogP contribution in [-0.4, -0.2) is 72.6 Å². The first kappa shape index (κ1) is 41.6. The molecule has 0 spiro atoms. The van der Waals surface area contributed by atoms with E-state index >= 15 is 0 Å². The Labute approximate surface area is 323 Å². The molecule has 2 aliphatic carbocycles. The van der Waals surface area contributed by atoms with E-state index in [2.05, 4.69) is 15.3 Å². The molecule has 1 N–H and O–H groups in total. The second-order valence-electron chi connectivity index (χ2n) is 17.1. The molecule has 3 unspecified atom stereocenters. The van der Waals surface area contributed by atoms with Gasteiger partial charge in [-0.25, -0.2) is 4.98 Å². The largest absolute Gasteiger partial charge is 0.344 e. The van der Waals surface area contributed by atoms with Gasteiger partial charge in [0.2, 0.25) is 17.6 Å². The predicted octanol–water partition coefficient (Wildman–Crippen LogP) is 6.65. The monoisotopic (exact) mass is 760 g/mol. The normalized spacial score (nSPS) is 23.1. The molecule has 5 rings (SSSR count). The van der Waals surface area contributed by atoms with Gasteiger partial charge in [-0.05, 0) is 66.8 Å². The van der Waals surface area contributed by atoms with Crippen molar-refractivity contribution >= 4 is 40.0 Å². The molecule has 8 atom stereocenters. The summed E-state index contributed by atoms with van der Waals surface area (Å²) in [6.45, 7) is 10.0. The van der Waals surface area contributed by atoms with Crippen molar-refractivity contribution in [2.45, 2.75) is 135 Å². The molecule has 2 heterocycles. The molecule has 0 radical (unpaired) electrons. The van der Waals surface area contributed by atoms with Crippen molar-refractivity contribution in [2.75, 3.05) is 12.3 Å². The summed E-state index contributed by atoms with van der Waals surface area (Å²) in [5, 5.41) is 3.45. The van der Waals surface area contributed by atoms with Crippen LogP contribution < -0.4 is 5.32 Å². The zero-order valence-electron chi connectivity index (χ0n) is 32.8. The standard InChI is InChI=1S/C43H60N4O6S/c1-6-14-31(39(50)36(49)23-28(2)29-15-9-7-10-16-29)24-35(48)38-33-20-13-19-32(33)26-47(38)42(52)40(43(3,4)5)46-41(51)34(30-17-11-8-12-18-30)27-54(53)37-25-44-21-22-45-37/h7,9-10,15-16,21-22,25,28,30-34,38,40H,6,8,11-14,17-20,23-24,26-27H2,1-5H3,(H,46,51)/t28-,31?,32?,33+,34-,38+,40-,54?/m1/s1. The van der Waals surface area contributed by atoms with E-state index in [0.29, 0.717) is 24.4 Å². The Morgan fingerprint density at radius 3 is 2.31 bits per heavy atom. The molecular formula is C43H60N4O6S. The van der Waals surface area contributed by atoms with E-state index in [1.165, 1.54) is 18.6 Å². The lowest BCUT2D eigenvalue weighted by Crippen LogP contribution is -2.59. The molecule has 2 aromatic rings. The van der Waals surface area contributed by atoms with E-state index in [1.807, 2.05) is 65.0 Å². The van der Waals surface area contributed by atoms with E-state index in [0.717, 1.165) is 56.9 Å². The highest BCUT2D eigenvalue weighted by molar-refractivity contribution is 7.85. The summed E-state index contributed by atoms with van der Waals surface area (Å²) in [4.78, 5) is 80.5. The van der Waals surface area contributed by atoms with Gasteiger partial charge in [-0.15, -0.1) is 0 Å². The molecule has 1 aromatic carbocycles. The van der Waals surface area contributed by atoms with Gasteiger partial charge < -0.3 is 10.2 Å². The summed E-state index contributed by atoms with van der Waals surface area (Å²) in [5.41, 5.74) is 0.292. The van der Waals surface area contributed by atoms with Gasteiger partial charge in [0.1, 0.15) is 11.1 Å². The third kappa shape index (κ3) is 10.2. The quantitative estimate of drug-likeness (QED) is 0.177. The van der Waals surface area contributed by atoms with Crippen LogP contribution in [0.1, 0.15) is 123 Å². The second-order valence-corrected chi connectivity index (χ2v) is 18.6. The molecule has 2 saturated carbocycles. The minimum atomic E-state index is -1.55. The average Bonchev–Trinajstić information content (AvgIpc) is 3.77. The maximum absolute atomic E-state index is 14.8. The number of amides is 2. The van der Waals surface area contributed by atoms with Crippen molar-refractivity contribution in [3.8, 4) is 0 Å². The molecule has 10 nitrogen and oxygen atoms in total. The Morgan fingerprint density at radius 1 is 0.944 bits per heavy atom. The van der Waals surface area contributed by atoms with E-state index in [-0.39, 0.29) is 59.9 Å². The molecule has 11 heteroatoms. The molecule has 3 fully saturated rings. The van der Waals surface area contributed by atoms with Crippen LogP contribution in [0, 0.1) is 35.0 Å². The van der Waals surface area contributed by atoms with Gasteiger partial charge in [-0.2, -0.15) is 0 Å². The number of benzene rings is 1. The van der Waals surface area contributed by atoms with Gasteiger partial charge in [0.15, 0.2) is 11.6 Å². The van der Waals surface area contributed by atoms with Crippen molar-refractivity contribution in [1.29, 1.82) is 0 Å². The second kappa shape index (κ2) is 18.8. The third-order valence-electron chi connectivity index (χ3n) is 12.2. The molecule has 0 bridgehead atoms. The number of Topliss-reactive ketones (excluding diaryl/α,β-unsaturated/α-hetero) is 3. The number of fused-ring (bicyclic) bond motifs is 1. The van der Waals surface area contributed by atoms with Gasteiger partial charge >= 0.3 is 0 Å². The number of aromatic nitrogens is 2. The molecule has 3 aliphatic rings. The topological polar surface area (TPSA) is 143 Å². The first-order chi connectivity index (χ1) is 25.8. The molecule has 294 valence electrons. The molecule has 2 amide bonds. The first-order valence-electron chi connectivity index (χ1n) is 20.2. The summed E-state index contributed by atoms with van der Waals surface area (Å²) in [6, 6.07) is 8.00. The van der Waals surface area contributed by atoms with Gasteiger partial charge in [0, 0.05) is 43.5 Å². The summed E-state index contributed by atoms with van der Waals surface area (Å²) < 4.78 is 13.5. The lowest BCUT2D eigenvalue weighted by molar-refractivity contribution is -0.146. The Hall–Kier alpha value is -3.60. The zero-order chi connectivity index (χ0) is 39.0. The summed E-state index contributed by atoms with van der Waals surface area (Å²) in [5.74, 6) is -2.91. The van der Waals surface area contributed by atoms with Gasteiger partial charge in [0.25, 0.3) is 0 Å². The van der Waals surface area contributed by atoms with Crippen molar-refractivity contribution in [3.63, 3.8) is 0 Å². The number of nitrogens with zero attached hydrogens (tertiary/aromatic N) is 3. The van der Waals surface area contributed by atoms with Crippen LogP contribution in [-0.2, 0) is 34.8 Å². The molecular weight excluding hydrogens is 701 g/mol. The number of likely N-dealkylation sites (tertiary alicyclic amines) is 1. The average molecular weight is 761 g/mol. The van der Waals surface area contributed by atoms with Crippen molar-refractivity contribution < 1.29 is 28.2 Å². The molecule has 1 aliphatic heterocycles. The van der Waals surface area contributed by atoms with Crippen LogP contribution >= 0.6 is 0 Å². The fourth-order valence-electron chi connectivity index (χ4n) is 9.17. The fraction of sp³-hybridized carbons (Fsp3) is 0.651. The number of rotatable bonds is 17. The zero-order valence-corrected chi connectivity index (χ0v) is 33.7. The SMILES string of the molecule is CCCC(CC(=O)[C@@H]1[C@H]2CCCC2CN1C(=O)[C@@H](NC(=O)[C@H](CS(=O)c1cnccn1)C1CCCCC1)C(C)(C)C)C(=O)C(=O)C[C@@H](C)c1ccccc1. The molecule has 1 aromatic heterocycles. The highest BCUT2D eigenvalue weighted by Crippen LogP contribution is 2.44. The fourth-order valence-corrected chi connectivity index (χ4v) is 10.4. The third-order valence-corrected chi connectivity index (χ3v) is 13.5. The lowest BCUT2D eigenvalue weighted by Gasteiger charge is -2.38. The highest BCUT2D eigenvalue weighted by atomic mass is 32.2. The van der Waals surface area contributed by atoms with Gasteiger partial charge in [0.05, 0.1) is 29.0 Å². The minimum Gasteiger partial charge on any atom is -0.344 e. The van der Waals surface area contributed by atoms with Crippen molar-refractivity contribution in [3.05, 3.63) is 54.5 Å². The maximum atomic E-state index is 14.8. The summed E-state index contributed by atoms with van der Waals surface area (Å²) in [6.07, 6.45) is 13.0. The summed E-state index contributed by atoms with van der Waals surface area (Å²) in [7, 11) is -1.55. The van der Waals surface area contributed by atoms with Crippen LogP contribution in [0.3, 0.4) is 0 Å².